The molecular weight excluding hydrogens is 344 g/mol. The average molecular weight is 366 g/mol. The van der Waals surface area contributed by atoms with Gasteiger partial charge in [0.05, 0.1) is 7.11 Å². The third-order valence-corrected chi connectivity index (χ3v) is 4.92. The molecule has 1 aliphatic rings. The lowest BCUT2D eigenvalue weighted by molar-refractivity contribution is 0.0857. The number of nitrogens with zero attached hydrogens (tertiary/aromatic N) is 2. The molecule has 0 spiro atoms. The van der Waals surface area contributed by atoms with Gasteiger partial charge in [-0.05, 0) is 30.5 Å². The van der Waals surface area contributed by atoms with Crippen LogP contribution in [0.1, 0.15) is 30.2 Å². The molecule has 2 heterocycles. The van der Waals surface area contributed by atoms with Crippen molar-refractivity contribution in [3.8, 4) is 5.75 Å². The van der Waals surface area contributed by atoms with Gasteiger partial charge in [-0.25, -0.2) is 9.78 Å². The number of fused-ring (bicyclic) bond motifs is 1. The predicted molar refractivity (Wildman–Crippen MR) is 101 cm³/mol. The molecule has 0 radical (unpaired) electrons. The van der Waals surface area contributed by atoms with Gasteiger partial charge in [0.15, 0.2) is 11.5 Å². The largest absolute Gasteiger partial charge is 0.497 e. The van der Waals surface area contributed by atoms with Crippen molar-refractivity contribution in [2.24, 2.45) is 0 Å². The second-order valence-corrected chi connectivity index (χ2v) is 6.69. The maximum Gasteiger partial charge on any atom is 0.410 e. The number of benzene rings is 2. The van der Waals surface area contributed by atoms with Crippen LogP contribution in [0.2, 0.25) is 0 Å². The number of piperidine rings is 1. The lowest BCUT2D eigenvalue weighted by Gasteiger charge is -2.29. The molecule has 6 nitrogen and oxygen atoms in total. The van der Waals surface area contributed by atoms with Gasteiger partial charge in [0, 0.05) is 25.1 Å². The summed E-state index contributed by atoms with van der Waals surface area (Å²) in [4.78, 5) is 18.6. The van der Waals surface area contributed by atoms with Crippen LogP contribution in [0.25, 0.3) is 11.1 Å². The smallest absolute Gasteiger partial charge is 0.410 e. The molecule has 0 atom stereocenters. The van der Waals surface area contributed by atoms with Crippen molar-refractivity contribution in [1.82, 2.24) is 9.88 Å². The SMILES string of the molecule is COc1ccc2oc(C3CCN(C(=O)OCc4ccccc4)CC3)nc2c1. The Morgan fingerprint density at radius 2 is 1.96 bits per heavy atom. The van der Waals surface area contributed by atoms with Gasteiger partial charge in [-0.2, -0.15) is 0 Å². The van der Waals surface area contributed by atoms with Gasteiger partial charge < -0.3 is 18.8 Å². The first-order valence-electron chi connectivity index (χ1n) is 9.13. The van der Waals surface area contributed by atoms with E-state index in [2.05, 4.69) is 4.98 Å². The van der Waals surface area contributed by atoms with Crippen molar-refractivity contribution in [1.29, 1.82) is 0 Å². The fourth-order valence-corrected chi connectivity index (χ4v) is 3.35. The van der Waals surface area contributed by atoms with Gasteiger partial charge in [0.1, 0.15) is 17.9 Å². The fraction of sp³-hybridized carbons (Fsp3) is 0.333. The quantitative estimate of drug-likeness (QED) is 0.687. The van der Waals surface area contributed by atoms with E-state index in [1.807, 2.05) is 48.5 Å². The highest BCUT2D eigenvalue weighted by molar-refractivity contribution is 5.74. The Hall–Kier alpha value is -3.02. The average Bonchev–Trinajstić information content (AvgIpc) is 3.16. The van der Waals surface area contributed by atoms with E-state index < -0.39 is 0 Å². The Labute approximate surface area is 157 Å². The van der Waals surface area contributed by atoms with Gasteiger partial charge in [-0.3, -0.25) is 0 Å². The fourth-order valence-electron chi connectivity index (χ4n) is 3.35. The summed E-state index contributed by atoms with van der Waals surface area (Å²) in [7, 11) is 1.63. The molecule has 140 valence electrons. The zero-order valence-corrected chi connectivity index (χ0v) is 15.3. The van der Waals surface area contributed by atoms with Crippen LogP contribution in [0.5, 0.6) is 5.75 Å². The maximum atomic E-state index is 12.3. The lowest BCUT2D eigenvalue weighted by Crippen LogP contribution is -2.38. The third kappa shape index (κ3) is 3.89. The zero-order chi connectivity index (χ0) is 18.6. The minimum atomic E-state index is -0.264. The Bertz CT molecular complexity index is 914. The van der Waals surface area contributed by atoms with Crippen LogP contribution in [0, 0.1) is 0 Å². The van der Waals surface area contributed by atoms with Crippen LogP contribution < -0.4 is 4.74 Å². The van der Waals surface area contributed by atoms with E-state index in [0.717, 1.165) is 41.1 Å². The molecule has 1 aliphatic heterocycles. The number of methoxy groups -OCH3 is 1. The molecule has 0 saturated carbocycles. The van der Waals surface area contributed by atoms with Crippen LogP contribution in [-0.2, 0) is 11.3 Å². The second kappa shape index (κ2) is 7.70. The molecule has 0 N–H and O–H groups in total. The second-order valence-electron chi connectivity index (χ2n) is 6.69. The minimum Gasteiger partial charge on any atom is -0.497 e. The number of amides is 1. The molecule has 2 aromatic carbocycles. The van der Waals surface area contributed by atoms with Crippen molar-refractivity contribution in [3.63, 3.8) is 0 Å². The molecule has 1 saturated heterocycles. The molecule has 0 bridgehead atoms. The molecule has 6 heteroatoms. The number of rotatable bonds is 4. The third-order valence-electron chi connectivity index (χ3n) is 4.92. The first kappa shape index (κ1) is 17.4. The number of carbonyl (C=O) groups is 1. The number of aromatic nitrogens is 1. The number of oxazole rings is 1. The molecule has 0 aliphatic carbocycles. The topological polar surface area (TPSA) is 64.8 Å². The summed E-state index contributed by atoms with van der Waals surface area (Å²) in [5.74, 6) is 1.70. The van der Waals surface area contributed by atoms with Crippen molar-refractivity contribution in [2.45, 2.75) is 25.4 Å². The van der Waals surface area contributed by atoms with Crippen LogP contribution in [-0.4, -0.2) is 36.2 Å². The van der Waals surface area contributed by atoms with Gasteiger partial charge in [-0.1, -0.05) is 30.3 Å². The van der Waals surface area contributed by atoms with Crippen molar-refractivity contribution in [3.05, 3.63) is 60.0 Å². The van der Waals surface area contributed by atoms with Gasteiger partial charge in [-0.15, -0.1) is 0 Å². The highest BCUT2D eigenvalue weighted by Crippen LogP contribution is 2.31. The molecule has 3 aromatic rings. The van der Waals surface area contributed by atoms with E-state index in [-0.39, 0.29) is 12.0 Å². The minimum absolute atomic E-state index is 0.210. The van der Waals surface area contributed by atoms with Gasteiger partial charge in [0.2, 0.25) is 0 Å². The highest BCUT2D eigenvalue weighted by atomic mass is 16.6. The standard InChI is InChI=1S/C21H22N2O4/c1-25-17-7-8-19-18(13-17)22-20(27-19)16-9-11-23(12-10-16)21(24)26-14-15-5-3-2-4-6-15/h2-8,13,16H,9-12,14H2,1H3. The van der Waals surface area contributed by atoms with E-state index in [0.29, 0.717) is 19.7 Å². The number of likely N-dealkylation sites (tertiary alicyclic amines) is 1. The lowest BCUT2D eigenvalue weighted by atomic mass is 9.97. The van der Waals surface area contributed by atoms with E-state index in [1.54, 1.807) is 12.0 Å². The summed E-state index contributed by atoms with van der Waals surface area (Å²) < 4.78 is 16.6. The Kier molecular flexibility index (Phi) is 4.96. The Balaban J connectivity index is 1.33. The van der Waals surface area contributed by atoms with Crippen molar-refractivity contribution in [2.75, 3.05) is 20.2 Å². The summed E-state index contributed by atoms with van der Waals surface area (Å²) in [6.45, 7) is 1.58. The maximum absolute atomic E-state index is 12.3. The number of hydrogen-bond acceptors (Lipinski definition) is 5. The Morgan fingerprint density at radius 3 is 2.70 bits per heavy atom. The number of ether oxygens (including phenoxy) is 2. The first-order chi connectivity index (χ1) is 13.2. The molecular formula is C21H22N2O4. The first-order valence-corrected chi connectivity index (χ1v) is 9.13. The number of carbonyl (C=O) groups excluding carboxylic acids is 1. The van der Waals surface area contributed by atoms with Gasteiger partial charge >= 0.3 is 6.09 Å². The zero-order valence-electron chi connectivity index (χ0n) is 15.3. The van der Waals surface area contributed by atoms with E-state index >= 15 is 0 Å². The monoisotopic (exact) mass is 366 g/mol. The van der Waals surface area contributed by atoms with Crippen LogP contribution >= 0.6 is 0 Å². The van der Waals surface area contributed by atoms with E-state index in [1.165, 1.54) is 0 Å². The van der Waals surface area contributed by atoms with E-state index in [9.17, 15) is 4.79 Å². The summed E-state index contributed by atoms with van der Waals surface area (Å²) >= 11 is 0. The molecule has 1 aromatic heterocycles. The summed E-state index contributed by atoms with van der Waals surface area (Å²) in [6.07, 6.45) is 1.36. The summed E-state index contributed by atoms with van der Waals surface area (Å²) in [6, 6.07) is 15.3. The molecule has 1 fully saturated rings. The van der Waals surface area contributed by atoms with Crippen LogP contribution in [0.15, 0.2) is 52.9 Å². The van der Waals surface area contributed by atoms with Gasteiger partial charge in [0.25, 0.3) is 0 Å². The van der Waals surface area contributed by atoms with Crippen LogP contribution in [0.3, 0.4) is 0 Å². The summed E-state index contributed by atoms with van der Waals surface area (Å²) in [5.41, 5.74) is 2.55. The van der Waals surface area contributed by atoms with E-state index in [4.69, 9.17) is 13.9 Å². The van der Waals surface area contributed by atoms with Crippen molar-refractivity contribution >= 4 is 17.2 Å². The molecule has 1 amide bonds. The van der Waals surface area contributed by atoms with Crippen molar-refractivity contribution < 1.29 is 18.7 Å². The number of hydrogen-bond donors (Lipinski definition) is 0. The Morgan fingerprint density at radius 1 is 1.19 bits per heavy atom. The predicted octanol–water partition coefficient (Wildman–Crippen LogP) is 4.35. The normalized spacial score (nSPS) is 15.1. The molecule has 27 heavy (non-hydrogen) atoms. The molecule has 4 rings (SSSR count). The highest BCUT2D eigenvalue weighted by Gasteiger charge is 2.27. The molecule has 0 unspecified atom stereocenters. The van der Waals surface area contributed by atoms with Crippen LogP contribution in [0.4, 0.5) is 4.79 Å². The summed E-state index contributed by atoms with van der Waals surface area (Å²) in [5, 5.41) is 0.